The lowest BCUT2D eigenvalue weighted by Crippen LogP contribution is -1.99. The molecule has 0 atom stereocenters. The topological polar surface area (TPSA) is 90.2 Å². The van der Waals surface area contributed by atoms with E-state index in [0.29, 0.717) is 17.9 Å². The lowest BCUT2D eigenvalue weighted by Gasteiger charge is -2.05. The van der Waals surface area contributed by atoms with Gasteiger partial charge in [0.1, 0.15) is 5.82 Å². The van der Waals surface area contributed by atoms with Gasteiger partial charge in [-0.3, -0.25) is 10.2 Å². The van der Waals surface area contributed by atoms with Gasteiger partial charge in [0.05, 0.1) is 18.1 Å². The molecule has 1 heterocycles. The summed E-state index contributed by atoms with van der Waals surface area (Å²) >= 11 is 0. The Labute approximate surface area is 86.9 Å². The Bertz CT molecular complexity index is 388. The molecule has 6 nitrogen and oxygen atoms in total. The minimum atomic E-state index is 0.588. The third-order valence-corrected chi connectivity index (χ3v) is 1.62. The Morgan fingerprint density at radius 1 is 1.60 bits per heavy atom. The zero-order valence-electron chi connectivity index (χ0n) is 8.19. The second kappa shape index (κ2) is 5.48. The summed E-state index contributed by atoms with van der Waals surface area (Å²) in [5.41, 5.74) is 4.15. The number of carbonyl (C=O) groups excluding carboxylic acids is 1. The molecule has 1 amide bonds. The van der Waals surface area contributed by atoms with Crippen LogP contribution < -0.4 is 10.7 Å². The van der Waals surface area contributed by atoms with Crippen LogP contribution >= 0.6 is 0 Å². The van der Waals surface area contributed by atoms with Gasteiger partial charge in [-0.25, -0.2) is 4.98 Å². The number of carbonyl (C=O) groups is 1. The predicted octanol–water partition coefficient (Wildman–Crippen LogP) is 1.01. The lowest BCUT2D eigenvalue weighted by molar-refractivity contribution is -0.105. The molecule has 1 aromatic heterocycles. The van der Waals surface area contributed by atoms with Crippen LogP contribution in [0.2, 0.25) is 0 Å². The maximum atomic E-state index is 10.2. The van der Waals surface area contributed by atoms with Gasteiger partial charge in [-0.05, 0) is 18.6 Å². The Hall–Kier alpha value is -2.24. The second-order valence-corrected chi connectivity index (χ2v) is 2.71. The summed E-state index contributed by atoms with van der Waals surface area (Å²) in [4.78, 5) is 14.2. The van der Waals surface area contributed by atoms with Crippen LogP contribution in [-0.2, 0) is 4.79 Å². The normalized spacial score (nSPS) is 9.93. The highest BCUT2D eigenvalue weighted by molar-refractivity contribution is 6.14. The summed E-state index contributed by atoms with van der Waals surface area (Å²) in [7, 11) is 0. The van der Waals surface area contributed by atoms with Crippen LogP contribution in [0.15, 0.2) is 17.4 Å². The highest BCUT2D eigenvalue weighted by Gasteiger charge is 1.99. The van der Waals surface area contributed by atoms with Crippen LogP contribution in [0.25, 0.3) is 0 Å². The zero-order chi connectivity index (χ0) is 11.1. The van der Waals surface area contributed by atoms with Crippen LogP contribution in [0.1, 0.15) is 5.56 Å². The van der Waals surface area contributed by atoms with E-state index >= 15 is 0 Å². The number of hydrogen-bond donors (Lipinski definition) is 3. The van der Waals surface area contributed by atoms with Crippen molar-refractivity contribution in [3.05, 3.63) is 17.8 Å². The minimum Gasteiger partial charge on any atom is -0.327 e. The fraction of sp³-hybridized carbons (Fsp3) is 0.111. The van der Waals surface area contributed by atoms with Gasteiger partial charge in [0, 0.05) is 6.21 Å². The number of anilines is 2. The van der Waals surface area contributed by atoms with Crippen molar-refractivity contribution < 1.29 is 4.79 Å². The number of hydrazone groups is 1. The summed E-state index contributed by atoms with van der Waals surface area (Å²) in [5, 5.41) is 13.0. The molecule has 3 N–H and O–H groups in total. The number of nitrogens with one attached hydrogen (secondary N) is 3. The van der Waals surface area contributed by atoms with Crippen molar-refractivity contribution in [2.75, 3.05) is 10.7 Å². The van der Waals surface area contributed by atoms with Gasteiger partial charge in [-0.15, -0.1) is 0 Å². The largest absolute Gasteiger partial charge is 0.327 e. The number of hydrogen-bond acceptors (Lipinski definition) is 5. The standard InChI is InChI=1S/C9H11N5O/c1-7-4-8(12-6-15)5-11-9(7)14-13-3-2-10/h2-6,10H,1H3,(H,11,14)(H,12,15)/b10-2?,13-3-. The molecule has 78 valence electrons. The molecule has 15 heavy (non-hydrogen) atoms. The molecule has 0 aliphatic rings. The number of aromatic nitrogens is 1. The SMILES string of the molecule is Cc1cc(NC=O)cnc1N/N=C\C=N. The van der Waals surface area contributed by atoms with Crippen molar-refractivity contribution in [2.45, 2.75) is 6.92 Å². The molecule has 0 saturated carbocycles. The molecule has 0 spiro atoms. The van der Waals surface area contributed by atoms with Crippen molar-refractivity contribution in [2.24, 2.45) is 5.10 Å². The molecule has 0 aromatic carbocycles. The van der Waals surface area contributed by atoms with Gasteiger partial charge in [0.15, 0.2) is 0 Å². The first-order valence-electron chi connectivity index (χ1n) is 4.23. The summed E-state index contributed by atoms with van der Waals surface area (Å²) in [6, 6.07) is 1.77. The number of aryl methyl sites for hydroxylation is 1. The van der Waals surface area contributed by atoms with Gasteiger partial charge >= 0.3 is 0 Å². The van der Waals surface area contributed by atoms with Crippen LogP contribution in [0.5, 0.6) is 0 Å². The van der Waals surface area contributed by atoms with Crippen molar-refractivity contribution in [3.63, 3.8) is 0 Å². The van der Waals surface area contributed by atoms with E-state index in [9.17, 15) is 4.79 Å². The Kier molecular flexibility index (Phi) is 3.96. The average Bonchev–Trinajstić information content (AvgIpc) is 2.22. The van der Waals surface area contributed by atoms with Crippen LogP contribution in [0.3, 0.4) is 0 Å². The number of amides is 1. The highest BCUT2D eigenvalue weighted by atomic mass is 16.1. The number of rotatable bonds is 5. The van der Waals surface area contributed by atoms with Crippen molar-refractivity contribution >= 4 is 30.3 Å². The molecular formula is C9H11N5O. The summed E-state index contributed by atoms with van der Waals surface area (Å²) in [5.74, 6) is 0.588. The van der Waals surface area contributed by atoms with E-state index in [2.05, 4.69) is 20.8 Å². The van der Waals surface area contributed by atoms with Crippen LogP contribution in [0.4, 0.5) is 11.5 Å². The molecule has 0 aliphatic heterocycles. The molecule has 0 aliphatic carbocycles. The van der Waals surface area contributed by atoms with Crippen molar-refractivity contribution in [1.29, 1.82) is 5.41 Å². The molecule has 0 radical (unpaired) electrons. The van der Waals surface area contributed by atoms with Crippen molar-refractivity contribution in [3.8, 4) is 0 Å². The van der Waals surface area contributed by atoms with Crippen LogP contribution in [0, 0.1) is 12.3 Å². The van der Waals surface area contributed by atoms with E-state index in [1.54, 1.807) is 6.07 Å². The first kappa shape index (κ1) is 10.8. The monoisotopic (exact) mass is 205 g/mol. The fourth-order valence-electron chi connectivity index (χ4n) is 0.974. The van der Waals surface area contributed by atoms with Gasteiger partial charge < -0.3 is 10.7 Å². The van der Waals surface area contributed by atoms with Gasteiger partial charge in [0.2, 0.25) is 6.41 Å². The van der Waals surface area contributed by atoms with Gasteiger partial charge in [0.25, 0.3) is 0 Å². The molecule has 1 rings (SSSR count). The maximum Gasteiger partial charge on any atom is 0.211 e. The first-order chi connectivity index (χ1) is 7.27. The van der Waals surface area contributed by atoms with E-state index in [-0.39, 0.29) is 0 Å². The molecule has 0 unspecified atom stereocenters. The highest BCUT2D eigenvalue weighted by Crippen LogP contribution is 2.15. The third kappa shape index (κ3) is 3.18. The molecule has 0 saturated heterocycles. The summed E-state index contributed by atoms with van der Waals surface area (Å²) in [6.07, 6.45) is 4.48. The lowest BCUT2D eigenvalue weighted by atomic mass is 10.2. The Morgan fingerprint density at radius 2 is 2.40 bits per heavy atom. The molecule has 0 bridgehead atoms. The molecule has 0 fully saturated rings. The number of nitrogens with zero attached hydrogens (tertiary/aromatic N) is 2. The van der Waals surface area contributed by atoms with Crippen LogP contribution in [-0.4, -0.2) is 23.8 Å². The average molecular weight is 205 g/mol. The maximum absolute atomic E-state index is 10.2. The van der Waals surface area contributed by atoms with E-state index in [4.69, 9.17) is 5.41 Å². The third-order valence-electron chi connectivity index (χ3n) is 1.62. The molecular weight excluding hydrogens is 194 g/mol. The van der Waals surface area contributed by atoms with E-state index in [1.807, 2.05) is 6.92 Å². The zero-order valence-corrected chi connectivity index (χ0v) is 8.19. The Morgan fingerprint density at radius 3 is 3.00 bits per heavy atom. The predicted molar refractivity (Wildman–Crippen MR) is 59.6 cm³/mol. The smallest absolute Gasteiger partial charge is 0.211 e. The van der Waals surface area contributed by atoms with E-state index < -0.39 is 0 Å². The summed E-state index contributed by atoms with van der Waals surface area (Å²) in [6.45, 7) is 1.84. The van der Waals surface area contributed by atoms with Gasteiger partial charge in [-0.1, -0.05) is 0 Å². The second-order valence-electron chi connectivity index (χ2n) is 2.71. The molecule has 6 heteroatoms. The number of pyridine rings is 1. The van der Waals surface area contributed by atoms with Crippen molar-refractivity contribution in [1.82, 2.24) is 4.98 Å². The van der Waals surface area contributed by atoms with E-state index in [0.717, 1.165) is 11.8 Å². The minimum absolute atomic E-state index is 0.588. The fourth-order valence-corrected chi connectivity index (χ4v) is 0.974. The van der Waals surface area contributed by atoms with Gasteiger partial charge in [-0.2, -0.15) is 5.10 Å². The summed E-state index contributed by atoms with van der Waals surface area (Å²) < 4.78 is 0. The van der Waals surface area contributed by atoms with E-state index in [1.165, 1.54) is 12.4 Å². The molecule has 1 aromatic rings. The first-order valence-corrected chi connectivity index (χ1v) is 4.23. The Balaban J connectivity index is 2.78. The quantitative estimate of drug-likeness (QED) is 0.380.